The molecule has 7 N–H and O–H groups in total. The maximum absolute atomic E-state index is 15.8. The third kappa shape index (κ3) is 4.04. The lowest BCUT2D eigenvalue weighted by Gasteiger charge is -2.50. The van der Waals surface area contributed by atoms with Gasteiger partial charge in [-0.1, -0.05) is 6.92 Å². The molecule has 5 atom stereocenters. The minimum absolute atomic E-state index is 0.0119. The van der Waals surface area contributed by atoms with E-state index in [0.717, 1.165) is 6.42 Å². The summed E-state index contributed by atoms with van der Waals surface area (Å²) in [5, 5.41) is 47.7. The van der Waals surface area contributed by atoms with Crippen molar-refractivity contribution in [3.05, 3.63) is 45.5 Å². The van der Waals surface area contributed by atoms with Gasteiger partial charge in [0.15, 0.2) is 11.4 Å². The predicted octanol–water partition coefficient (Wildman–Crippen LogP) is 0.619. The number of Topliss-reactive ketones (excluding diaryl/α,β-unsaturated/α-hetero) is 2. The molecule has 0 spiro atoms. The summed E-state index contributed by atoms with van der Waals surface area (Å²) in [5.74, 6) is -8.32. The number of fused-ring (bicyclic) bond motifs is 3. The number of hydrogen-bond acceptors (Lipinski definition) is 10. The number of carbonyl (C=O) groups is 3. The highest BCUT2D eigenvalue weighted by Crippen LogP contribution is 2.53. The lowest BCUT2D eigenvalue weighted by atomic mass is 9.57. The van der Waals surface area contributed by atoms with Crippen molar-refractivity contribution in [3.63, 3.8) is 0 Å². The zero-order chi connectivity index (χ0) is 29.3. The number of phenols is 1. The van der Waals surface area contributed by atoms with Crippen molar-refractivity contribution in [1.82, 2.24) is 10.2 Å². The molecule has 40 heavy (non-hydrogen) atoms. The van der Waals surface area contributed by atoms with Crippen molar-refractivity contribution in [1.29, 1.82) is 0 Å². The van der Waals surface area contributed by atoms with Crippen LogP contribution in [0.5, 0.6) is 5.75 Å². The molecule has 4 aliphatic rings. The molecule has 3 aliphatic carbocycles. The van der Waals surface area contributed by atoms with E-state index in [-0.39, 0.29) is 47.1 Å². The van der Waals surface area contributed by atoms with Gasteiger partial charge in [-0.3, -0.25) is 19.3 Å². The number of aliphatic hydroxyl groups excluding tert-OH is 2. The van der Waals surface area contributed by atoms with Crippen LogP contribution in [0.15, 0.2) is 23.0 Å². The minimum Gasteiger partial charge on any atom is -0.508 e. The number of likely N-dealkylation sites (N-methyl/N-ethyl adjacent to an activating group) is 1. The maximum Gasteiger partial charge on any atom is 0.255 e. The van der Waals surface area contributed by atoms with E-state index in [1.807, 2.05) is 0 Å². The number of ether oxygens (including phenoxy) is 1. The summed E-state index contributed by atoms with van der Waals surface area (Å²) < 4.78 is 21.3. The number of nitrogens with zero attached hydrogens (tertiary/aromatic N) is 1. The van der Waals surface area contributed by atoms with Crippen LogP contribution >= 0.6 is 0 Å². The first-order valence-corrected chi connectivity index (χ1v) is 13.2. The van der Waals surface area contributed by atoms with Crippen LogP contribution in [0.25, 0.3) is 5.76 Å². The third-order valence-electron chi connectivity index (χ3n) is 8.90. The number of benzene rings is 1. The summed E-state index contributed by atoms with van der Waals surface area (Å²) in [5.41, 5.74) is 1.22. The van der Waals surface area contributed by atoms with E-state index in [9.17, 15) is 34.8 Å². The highest BCUT2D eigenvalue weighted by atomic mass is 19.1. The Kier molecular flexibility index (Phi) is 6.81. The fourth-order valence-electron chi connectivity index (χ4n) is 6.82. The van der Waals surface area contributed by atoms with Gasteiger partial charge < -0.3 is 36.2 Å². The van der Waals surface area contributed by atoms with Gasteiger partial charge in [-0.05, 0) is 45.3 Å². The molecule has 0 bridgehead atoms. The Labute approximate surface area is 230 Å². The number of nitrogens with one attached hydrogen (secondary N) is 1. The van der Waals surface area contributed by atoms with Gasteiger partial charge in [-0.25, -0.2) is 4.39 Å². The van der Waals surface area contributed by atoms with Crippen molar-refractivity contribution < 1.29 is 43.9 Å². The smallest absolute Gasteiger partial charge is 0.255 e. The Balaban J connectivity index is 1.56. The van der Waals surface area contributed by atoms with Gasteiger partial charge in [0.2, 0.25) is 5.78 Å². The normalized spacial score (nSPS) is 31.9. The Bertz CT molecular complexity index is 1380. The van der Waals surface area contributed by atoms with Gasteiger partial charge in [0.05, 0.1) is 18.2 Å². The molecule has 216 valence electrons. The molecule has 1 aliphatic heterocycles. The number of amides is 1. The molecule has 2 fully saturated rings. The van der Waals surface area contributed by atoms with Gasteiger partial charge >= 0.3 is 0 Å². The highest BCUT2D eigenvalue weighted by molar-refractivity contribution is 6.24. The van der Waals surface area contributed by atoms with Crippen LogP contribution in [0.1, 0.15) is 36.5 Å². The highest BCUT2D eigenvalue weighted by Gasteiger charge is 2.64. The molecule has 12 heteroatoms. The second-order valence-corrected chi connectivity index (χ2v) is 11.9. The Hall–Kier alpha value is -3.32. The number of primary amides is 1. The number of halogens is 1. The van der Waals surface area contributed by atoms with Crippen molar-refractivity contribution in [2.75, 3.05) is 33.9 Å². The largest absolute Gasteiger partial charge is 0.508 e. The van der Waals surface area contributed by atoms with Gasteiger partial charge in [0.1, 0.15) is 28.7 Å². The van der Waals surface area contributed by atoms with E-state index in [2.05, 4.69) is 12.2 Å². The molecule has 11 nitrogen and oxygen atoms in total. The molecule has 1 saturated heterocycles. The van der Waals surface area contributed by atoms with E-state index in [0.29, 0.717) is 19.8 Å². The van der Waals surface area contributed by atoms with Gasteiger partial charge in [-0.15, -0.1) is 0 Å². The zero-order valence-corrected chi connectivity index (χ0v) is 22.6. The number of aliphatic hydroxyl groups is 3. The maximum atomic E-state index is 15.8. The van der Waals surface area contributed by atoms with Crippen molar-refractivity contribution >= 4 is 23.2 Å². The third-order valence-corrected chi connectivity index (χ3v) is 8.90. The number of ketones is 2. The van der Waals surface area contributed by atoms with Crippen molar-refractivity contribution in [3.8, 4) is 5.75 Å². The minimum atomic E-state index is -2.73. The number of carbonyl (C=O) groups excluding carboxylic acids is 3. The molecule has 1 aromatic carbocycles. The molecule has 5 rings (SSSR count). The first-order chi connectivity index (χ1) is 18.7. The number of phenolic OH excluding ortho intramolecular Hbond substituents is 1. The van der Waals surface area contributed by atoms with E-state index >= 15 is 4.39 Å². The Morgan fingerprint density at radius 2 is 1.98 bits per heavy atom. The summed E-state index contributed by atoms with van der Waals surface area (Å²) in [6.45, 7) is 3.99. The van der Waals surface area contributed by atoms with E-state index in [1.165, 1.54) is 25.1 Å². The lowest BCUT2D eigenvalue weighted by Crippen LogP contribution is -2.65. The molecule has 1 heterocycles. The number of nitrogens with two attached hydrogens (primary N) is 1. The van der Waals surface area contributed by atoms with E-state index in [1.54, 1.807) is 0 Å². The van der Waals surface area contributed by atoms with Crippen LogP contribution in [0.2, 0.25) is 0 Å². The molecular formula is C28H34FN3O8. The predicted molar refractivity (Wildman–Crippen MR) is 139 cm³/mol. The van der Waals surface area contributed by atoms with Gasteiger partial charge in [-0.2, -0.15) is 0 Å². The molecule has 0 aromatic heterocycles. The van der Waals surface area contributed by atoms with Gasteiger partial charge in [0, 0.05) is 47.7 Å². The van der Waals surface area contributed by atoms with Crippen LogP contribution in [0, 0.1) is 23.1 Å². The second-order valence-electron chi connectivity index (χ2n) is 11.9. The zero-order valence-electron chi connectivity index (χ0n) is 22.6. The molecule has 1 amide bonds. The molecule has 1 aromatic rings. The first kappa shape index (κ1) is 28.2. The van der Waals surface area contributed by atoms with E-state index < -0.39 is 69.6 Å². The van der Waals surface area contributed by atoms with Crippen LogP contribution in [0.4, 0.5) is 4.39 Å². The first-order valence-electron chi connectivity index (χ1n) is 13.2. The Morgan fingerprint density at radius 1 is 1.27 bits per heavy atom. The van der Waals surface area contributed by atoms with Crippen LogP contribution in [-0.4, -0.2) is 88.3 Å². The summed E-state index contributed by atoms with van der Waals surface area (Å²) in [6, 6.07) is -0.0207. The molecule has 0 radical (unpaired) electrons. The molecular weight excluding hydrogens is 525 g/mol. The SMILES string of the molecule is CN(C)[C@@H]1C(=O)C(C(N)=O)=C(O)[C@@]2(O)C(=O)C3=C(O)c4c(O)cc(CNCC5(C)CCOC5)c(F)c4C[C@H]3C[C@@H]12. The van der Waals surface area contributed by atoms with Crippen LogP contribution in [-0.2, 0) is 32.1 Å². The summed E-state index contributed by atoms with van der Waals surface area (Å²) in [7, 11) is 3.03. The fourth-order valence-corrected chi connectivity index (χ4v) is 6.82. The monoisotopic (exact) mass is 559 g/mol. The summed E-state index contributed by atoms with van der Waals surface area (Å²) in [4.78, 5) is 40.4. The molecule has 1 unspecified atom stereocenters. The summed E-state index contributed by atoms with van der Waals surface area (Å²) >= 11 is 0. The topological polar surface area (TPSA) is 183 Å². The quantitative estimate of drug-likeness (QED) is 0.270. The summed E-state index contributed by atoms with van der Waals surface area (Å²) in [6.07, 6.45) is 0.658. The Morgan fingerprint density at radius 3 is 2.58 bits per heavy atom. The second kappa shape index (κ2) is 9.65. The van der Waals surface area contributed by atoms with Crippen molar-refractivity contribution in [2.45, 2.75) is 44.4 Å². The number of rotatable bonds is 6. The van der Waals surface area contributed by atoms with Crippen molar-refractivity contribution in [2.24, 2.45) is 23.0 Å². The van der Waals surface area contributed by atoms with Gasteiger partial charge in [0.25, 0.3) is 5.91 Å². The molecule has 1 saturated carbocycles. The standard InChI is InChI=1S/C28H34FN3O8/c1-27(4-5-40-11-27)10-31-9-13-8-16(33)18-14(20(13)29)6-12-7-15-21(32(2)3)23(35)19(26(30)38)25(37)28(15,39)24(36)17(12)22(18)34/h8,12,15,21,31,33-34,37,39H,4-7,9-11H2,1-3H3,(H2,30,38)/t12-,15-,21-,27?,28-/m0/s1. The average molecular weight is 560 g/mol. The van der Waals surface area contributed by atoms with Crippen LogP contribution < -0.4 is 11.1 Å². The van der Waals surface area contributed by atoms with Crippen LogP contribution in [0.3, 0.4) is 0 Å². The van der Waals surface area contributed by atoms with E-state index in [4.69, 9.17) is 10.5 Å². The fraction of sp³-hybridized carbons (Fsp3) is 0.536. The average Bonchev–Trinajstić information content (AvgIpc) is 3.30. The number of hydrogen-bond donors (Lipinski definition) is 6. The lowest BCUT2D eigenvalue weighted by molar-refractivity contribution is -0.153. The number of aromatic hydroxyl groups is 1.